The highest BCUT2D eigenvalue weighted by Gasteiger charge is 2.24. The SMILES string of the molecule is C[C@](O)(CNC(=O)c1cccc2[nH]ncc12)c1ccccc1. The van der Waals surface area contributed by atoms with E-state index < -0.39 is 5.60 Å². The fourth-order valence-corrected chi connectivity index (χ4v) is 2.41. The number of aromatic nitrogens is 2. The monoisotopic (exact) mass is 295 g/mol. The lowest BCUT2D eigenvalue weighted by molar-refractivity contribution is 0.0527. The molecular weight excluding hydrogens is 278 g/mol. The molecule has 0 saturated carbocycles. The number of amides is 1. The van der Waals surface area contributed by atoms with Crippen molar-refractivity contribution in [3.05, 3.63) is 65.9 Å². The van der Waals surface area contributed by atoms with Crippen LogP contribution in [0.1, 0.15) is 22.8 Å². The first kappa shape index (κ1) is 14.3. The molecule has 3 aromatic rings. The molecule has 0 fully saturated rings. The summed E-state index contributed by atoms with van der Waals surface area (Å²) in [5.41, 5.74) is 0.982. The van der Waals surface area contributed by atoms with Crippen molar-refractivity contribution < 1.29 is 9.90 Å². The van der Waals surface area contributed by atoms with E-state index in [9.17, 15) is 9.90 Å². The van der Waals surface area contributed by atoms with Crippen LogP contribution in [-0.4, -0.2) is 27.8 Å². The number of aliphatic hydroxyl groups is 1. The van der Waals surface area contributed by atoms with Gasteiger partial charge in [-0.15, -0.1) is 0 Å². The summed E-state index contributed by atoms with van der Waals surface area (Å²) in [4.78, 5) is 12.4. The second-order valence-electron chi connectivity index (χ2n) is 5.46. The molecule has 0 aliphatic heterocycles. The molecule has 3 rings (SSSR count). The lowest BCUT2D eigenvalue weighted by Gasteiger charge is -2.24. The maximum absolute atomic E-state index is 12.4. The minimum absolute atomic E-state index is 0.129. The zero-order valence-corrected chi connectivity index (χ0v) is 12.2. The Morgan fingerprint density at radius 3 is 2.77 bits per heavy atom. The highest BCUT2D eigenvalue weighted by molar-refractivity contribution is 6.06. The van der Waals surface area contributed by atoms with Crippen LogP contribution in [0, 0.1) is 0 Å². The second-order valence-corrected chi connectivity index (χ2v) is 5.46. The van der Waals surface area contributed by atoms with Crippen LogP contribution >= 0.6 is 0 Å². The highest BCUT2D eigenvalue weighted by Crippen LogP contribution is 2.20. The summed E-state index contributed by atoms with van der Waals surface area (Å²) in [6.45, 7) is 1.81. The van der Waals surface area contributed by atoms with Crippen molar-refractivity contribution in [2.45, 2.75) is 12.5 Å². The Kier molecular flexibility index (Phi) is 3.65. The molecule has 0 unspecified atom stereocenters. The second kappa shape index (κ2) is 5.61. The number of carbonyl (C=O) groups excluding carboxylic acids is 1. The number of rotatable bonds is 4. The molecule has 1 atom stereocenters. The van der Waals surface area contributed by atoms with Gasteiger partial charge in [-0.05, 0) is 24.6 Å². The molecule has 22 heavy (non-hydrogen) atoms. The van der Waals surface area contributed by atoms with Gasteiger partial charge in [-0.2, -0.15) is 5.10 Å². The first-order valence-corrected chi connectivity index (χ1v) is 7.06. The summed E-state index contributed by atoms with van der Waals surface area (Å²) in [5.74, 6) is -0.233. The average molecular weight is 295 g/mol. The molecule has 0 saturated heterocycles. The topological polar surface area (TPSA) is 78.0 Å². The number of hydrogen-bond donors (Lipinski definition) is 3. The number of H-pyrrole nitrogens is 1. The average Bonchev–Trinajstić information content (AvgIpc) is 3.02. The maximum Gasteiger partial charge on any atom is 0.252 e. The quantitative estimate of drug-likeness (QED) is 0.690. The van der Waals surface area contributed by atoms with Gasteiger partial charge in [0, 0.05) is 5.39 Å². The molecule has 1 amide bonds. The Morgan fingerprint density at radius 2 is 2.00 bits per heavy atom. The normalized spacial score (nSPS) is 13.7. The van der Waals surface area contributed by atoms with Gasteiger partial charge in [0.2, 0.25) is 0 Å². The van der Waals surface area contributed by atoms with Crippen LogP contribution in [0.3, 0.4) is 0 Å². The Labute approximate surface area is 128 Å². The van der Waals surface area contributed by atoms with E-state index in [1.165, 1.54) is 0 Å². The number of nitrogens with zero attached hydrogens (tertiary/aromatic N) is 1. The van der Waals surface area contributed by atoms with Crippen LogP contribution < -0.4 is 5.32 Å². The van der Waals surface area contributed by atoms with Crippen LogP contribution in [0.5, 0.6) is 0 Å². The highest BCUT2D eigenvalue weighted by atomic mass is 16.3. The van der Waals surface area contributed by atoms with Crippen LogP contribution in [0.15, 0.2) is 54.7 Å². The summed E-state index contributed by atoms with van der Waals surface area (Å²) in [7, 11) is 0. The lowest BCUT2D eigenvalue weighted by atomic mass is 9.96. The van der Waals surface area contributed by atoms with Gasteiger partial charge in [-0.1, -0.05) is 36.4 Å². The molecule has 5 nitrogen and oxygen atoms in total. The third kappa shape index (κ3) is 2.71. The zero-order chi connectivity index (χ0) is 15.6. The van der Waals surface area contributed by atoms with E-state index in [1.54, 1.807) is 25.3 Å². The smallest absolute Gasteiger partial charge is 0.252 e. The minimum atomic E-state index is -1.12. The summed E-state index contributed by atoms with van der Waals surface area (Å²) in [6, 6.07) is 14.7. The predicted octanol–water partition coefficient (Wildman–Crippen LogP) is 2.20. The molecule has 1 aromatic heterocycles. The summed E-state index contributed by atoms with van der Waals surface area (Å²) >= 11 is 0. The fraction of sp³-hybridized carbons (Fsp3) is 0.176. The third-order valence-corrected chi connectivity index (χ3v) is 3.72. The predicted molar refractivity (Wildman–Crippen MR) is 84.4 cm³/mol. The number of hydrogen-bond acceptors (Lipinski definition) is 3. The van der Waals surface area contributed by atoms with Crippen molar-refractivity contribution in [2.75, 3.05) is 6.54 Å². The number of carbonyl (C=O) groups is 1. The number of aromatic amines is 1. The van der Waals surface area contributed by atoms with E-state index in [4.69, 9.17) is 0 Å². The van der Waals surface area contributed by atoms with Crippen molar-refractivity contribution in [1.29, 1.82) is 0 Å². The Hall–Kier alpha value is -2.66. The van der Waals surface area contributed by atoms with Gasteiger partial charge >= 0.3 is 0 Å². The number of benzene rings is 2. The van der Waals surface area contributed by atoms with E-state index in [1.807, 2.05) is 36.4 Å². The lowest BCUT2D eigenvalue weighted by Crippen LogP contribution is -2.38. The van der Waals surface area contributed by atoms with E-state index in [2.05, 4.69) is 15.5 Å². The minimum Gasteiger partial charge on any atom is -0.384 e. The van der Waals surface area contributed by atoms with Crippen molar-refractivity contribution in [1.82, 2.24) is 15.5 Å². The molecule has 0 aliphatic carbocycles. The third-order valence-electron chi connectivity index (χ3n) is 3.72. The van der Waals surface area contributed by atoms with Gasteiger partial charge < -0.3 is 10.4 Å². The summed E-state index contributed by atoms with van der Waals surface area (Å²) in [6.07, 6.45) is 1.62. The van der Waals surface area contributed by atoms with E-state index in [0.717, 1.165) is 16.5 Å². The Balaban J connectivity index is 1.76. The summed E-state index contributed by atoms with van der Waals surface area (Å²) in [5, 5.41) is 20.9. The van der Waals surface area contributed by atoms with Crippen molar-refractivity contribution in [3.8, 4) is 0 Å². The van der Waals surface area contributed by atoms with E-state index in [0.29, 0.717) is 5.56 Å². The first-order valence-electron chi connectivity index (χ1n) is 7.06. The number of nitrogens with one attached hydrogen (secondary N) is 2. The van der Waals surface area contributed by atoms with Crippen LogP contribution in [0.4, 0.5) is 0 Å². The van der Waals surface area contributed by atoms with Gasteiger partial charge in [0.25, 0.3) is 5.91 Å². The van der Waals surface area contributed by atoms with Gasteiger partial charge in [-0.3, -0.25) is 9.89 Å². The van der Waals surface area contributed by atoms with Gasteiger partial charge in [0.1, 0.15) is 5.60 Å². The van der Waals surface area contributed by atoms with Gasteiger partial charge in [-0.25, -0.2) is 0 Å². The molecule has 0 bridgehead atoms. The largest absolute Gasteiger partial charge is 0.384 e. The molecule has 0 aliphatic rings. The standard InChI is InChI=1S/C17H17N3O2/c1-17(22,12-6-3-2-4-7-12)11-18-16(21)13-8-5-9-15-14(13)10-19-20-15/h2-10,22H,11H2,1H3,(H,18,21)(H,19,20)/t17-/m0/s1. The molecule has 112 valence electrons. The molecule has 0 radical (unpaired) electrons. The maximum atomic E-state index is 12.4. The van der Waals surface area contributed by atoms with Crippen molar-refractivity contribution in [2.24, 2.45) is 0 Å². The van der Waals surface area contributed by atoms with Crippen LogP contribution in [-0.2, 0) is 5.60 Å². The van der Waals surface area contributed by atoms with Crippen molar-refractivity contribution in [3.63, 3.8) is 0 Å². The van der Waals surface area contributed by atoms with Crippen LogP contribution in [0.25, 0.3) is 10.9 Å². The Morgan fingerprint density at radius 1 is 1.23 bits per heavy atom. The molecule has 0 spiro atoms. The van der Waals surface area contributed by atoms with Crippen molar-refractivity contribution >= 4 is 16.8 Å². The molecule has 1 heterocycles. The molecular formula is C17H17N3O2. The molecule has 5 heteroatoms. The first-order chi connectivity index (χ1) is 10.6. The van der Waals surface area contributed by atoms with Gasteiger partial charge in [0.15, 0.2) is 0 Å². The zero-order valence-electron chi connectivity index (χ0n) is 12.2. The molecule has 2 aromatic carbocycles. The Bertz CT molecular complexity index is 794. The summed E-state index contributed by atoms with van der Waals surface area (Å²) < 4.78 is 0. The van der Waals surface area contributed by atoms with E-state index in [-0.39, 0.29) is 12.5 Å². The van der Waals surface area contributed by atoms with E-state index >= 15 is 0 Å². The fourth-order valence-electron chi connectivity index (χ4n) is 2.41. The molecule has 3 N–H and O–H groups in total. The number of fused-ring (bicyclic) bond motifs is 1. The van der Waals surface area contributed by atoms with Crippen LogP contribution in [0.2, 0.25) is 0 Å². The van der Waals surface area contributed by atoms with Gasteiger partial charge in [0.05, 0.1) is 23.8 Å².